The Bertz CT molecular complexity index is 1470. The smallest absolute Gasteiger partial charge is 0.270 e. The molecule has 1 N–H and O–H groups in total. The van der Waals surface area contributed by atoms with E-state index >= 15 is 0 Å². The molecular formula is C23H22N4O6S. The highest BCUT2D eigenvalue weighted by Crippen LogP contribution is 2.39. The van der Waals surface area contributed by atoms with Crippen LogP contribution in [0, 0.1) is 11.8 Å². The van der Waals surface area contributed by atoms with E-state index in [0.717, 1.165) is 5.56 Å². The lowest BCUT2D eigenvalue weighted by Gasteiger charge is -2.15. The van der Waals surface area contributed by atoms with Gasteiger partial charge in [0.05, 0.1) is 27.9 Å². The van der Waals surface area contributed by atoms with Gasteiger partial charge < -0.3 is 18.7 Å². The number of fused-ring (bicyclic) bond motifs is 1. The number of aromatic nitrogens is 3. The normalized spacial score (nSPS) is 11.1. The van der Waals surface area contributed by atoms with Crippen molar-refractivity contribution in [3.63, 3.8) is 0 Å². The van der Waals surface area contributed by atoms with Crippen LogP contribution in [0.1, 0.15) is 18.1 Å². The zero-order valence-electron chi connectivity index (χ0n) is 18.9. The van der Waals surface area contributed by atoms with Gasteiger partial charge in [0.2, 0.25) is 0 Å². The molecule has 0 spiro atoms. The van der Waals surface area contributed by atoms with Crippen LogP contribution in [0.5, 0.6) is 17.2 Å². The largest absolute Gasteiger partial charge is 0.496 e. The third-order valence-corrected chi connectivity index (χ3v) is 6.35. The monoisotopic (exact) mass is 482 g/mol. The topological polar surface area (TPSA) is 118 Å². The van der Waals surface area contributed by atoms with Crippen LogP contribution in [-0.4, -0.2) is 44.7 Å². The second kappa shape index (κ2) is 9.36. The Kier molecular flexibility index (Phi) is 6.34. The molecule has 2 aromatic carbocycles. The summed E-state index contributed by atoms with van der Waals surface area (Å²) in [6, 6.07) is 8.40. The SMILES string of the molecule is CC#Cc1cc(OC)c(S(=O)(=O)Nc2noc3cc(Cn4cccn4)cc(OC)c23)c(OC)c1. The molecule has 0 aliphatic carbocycles. The summed E-state index contributed by atoms with van der Waals surface area (Å²) in [5, 5.41) is 8.51. The van der Waals surface area contributed by atoms with Gasteiger partial charge in [-0.3, -0.25) is 9.40 Å². The van der Waals surface area contributed by atoms with E-state index in [4.69, 9.17) is 18.7 Å². The molecule has 0 bridgehead atoms. The summed E-state index contributed by atoms with van der Waals surface area (Å²) >= 11 is 0. The quantitative estimate of drug-likeness (QED) is 0.380. The molecule has 34 heavy (non-hydrogen) atoms. The number of ether oxygens (including phenoxy) is 3. The van der Waals surface area contributed by atoms with E-state index in [1.54, 1.807) is 29.9 Å². The fraction of sp³-hybridized carbons (Fsp3) is 0.217. The van der Waals surface area contributed by atoms with Gasteiger partial charge in [0.1, 0.15) is 22.6 Å². The predicted octanol–water partition coefficient (Wildman–Crippen LogP) is 3.27. The van der Waals surface area contributed by atoms with Crippen molar-refractivity contribution in [2.24, 2.45) is 0 Å². The summed E-state index contributed by atoms with van der Waals surface area (Å²) in [4.78, 5) is -0.190. The predicted molar refractivity (Wildman–Crippen MR) is 125 cm³/mol. The number of sulfonamides is 1. The summed E-state index contributed by atoms with van der Waals surface area (Å²) in [7, 11) is 0.0104. The summed E-state index contributed by atoms with van der Waals surface area (Å²) < 4.78 is 52.6. The van der Waals surface area contributed by atoms with Crippen LogP contribution < -0.4 is 18.9 Å². The number of nitrogens with zero attached hydrogens (tertiary/aromatic N) is 3. The van der Waals surface area contributed by atoms with Gasteiger partial charge in [-0.1, -0.05) is 11.1 Å². The average molecular weight is 483 g/mol. The molecule has 0 unspecified atom stereocenters. The number of hydrogen-bond donors (Lipinski definition) is 1. The first-order valence-corrected chi connectivity index (χ1v) is 11.5. The van der Waals surface area contributed by atoms with Crippen LogP contribution in [0.15, 0.2) is 52.1 Å². The van der Waals surface area contributed by atoms with Crippen molar-refractivity contribution in [3.05, 3.63) is 53.9 Å². The van der Waals surface area contributed by atoms with E-state index in [1.165, 1.54) is 33.5 Å². The number of benzene rings is 2. The summed E-state index contributed by atoms with van der Waals surface area (Å²) in [6.07, 6.45) is 3.51. The van der Waals surface area contributed by atoms with Crippen LogP contribution in [0.25, 0.3) is 11.0 Å². The van der Waals surface area contributed by atoms with E-state index in [-0.39, 0.29) is 22.2 Å². The van der Waals surface area contributed by atoms with Gasteiger partial charge in [0, 0.05) is 18.0 Å². The van der Waals surface area contributed by atoms with E-state index in [1.807, 2.05) is 12.3 Å². The molecule has 0 fully saturated rings. The molecule has 176 valence electrons. The second-order valence-corrected chi connectivity index (χ2v) is 8.72. The molecule has 0 saturated heterocycles. The zero-order valence-corrected chi connectivity index (χ0v) is 19.8. The van der Waals surface area contributed by atoms with E-state index in [2.05, 4.69) is 26.8 Å². The molecule has 0 atom stereocenters. The van der Waals surface area contributed by atoms with Gasteiger partial charge in [0.25, 0.3) is 10.0 Å². The lowest BCUT2D eigenvalue weighted by Crippen LogP contribution is -2.16. The number of methoxy groups -OCH3 is 3. The molecule has 0 aliphatic rings. The average Bonchev–Trinajstić information content (AvgIpc) is 3.48. The third kappa shape index (κ3) is 4.35. The van der Waals surface area contributed by atoms with Gasteiger partial charge in [0.15, 0.2) is 16.3 Å². The van der Waals surface area contributed by atoms with Crippen LogP contribution >= 0.6 is 0 Å². The van der Waals surface area contributed by atoms with Crippen molar-refractivity contribution >= 4 is 26.8 Å². The molecule has 0 amide bonds. The fourth-order valence-electron chi connectivity index (χ4n) is 3.53. The van der Waals surface area contributed by atoms with Gasteiger partial charge in [-0.25, -0.2) is 8.42 Å². The molecule has 10 nitrogen and oxygen atoms in total. The first-order valence-electron chi connectivity index (χ1n) is 10.1. The minimum Gasteiger partial charge on any atom is -0.496 e. The van der Waals surface area contributed by atoms with E-state index < -0.39 is 10.0 Å². The van der Waals surface area contributed by atoms with Crippen molar-refractivity contribution in [1.82, 2.24) is 14.9 Å². The van der Waals surface area contributed by atoms with Crippen molar-refractivity contribution < 1.29 is 27.2 Å². The van der Waals surface area contributed by atoms with Crippen LogP contribution in [-0.2, 0) is 16.6 Å². The molecule has 2 aromatic heterocycles. The van der Waals surface area contributed by atoms with E-state index in [9.17, 15) is 8.42 Å². The number of hydrogen-bond acceptors (Lipinski definition) is 8. The fourth-order valence-corrected chi connectivity index (χ4v) is 4.84. The first kappa shape index (κ1) is 23.0. The molecule has 0 saturated carbocycles. The number of nitrogens with one attached hydrogen (secondary N) is 1. The molecule has 0 radical (unpaired) electrons. The lowest BCUT2D eigenvalue weighted by atomic mass is 10.1. The highest BCUT2D eigenvalue weighted by atomic mass is 32.2. The maximum atomic E-state index is 13.4. The Morgan fingerprint density at radius 3 is 2.35 bits per heavy atom. The minimum absolute atomic E-state index is 0.0287. The van der Waals surface area contributed by atoms with Crippen molar-refractivity contribution in [2.75, 3.05) is 26.1 Å². The third-order valence-electron chi connectivity index (χ3n) is 4.95. The Morgan fingerprint density at radius 2 is 1.76 bits per heavy atom. The minimum atomic E-state index is -4.21. The lowest BCUT2D eigenvalue weighted by molar-refractivity contribution is 0.373. The molecule has 4 rings (SSSR count). The van der Waals surface area contributed by atoms with Gasteiger partial charge in [-0.2, -0.15) is 5.10 Å². The van der Waals surface area contributed by atoms with Crippen LogP contribution in [0.3, 0.4) is 0 Å². The van der Waals surface area contributed by atoms with Gasteiger partial charge >= 0.3 is 0 Å². The maximum Gasteiger partial charge on any atom is 0.270 e. The van der Waals surface area contributed by atoms with Crippen LogP contribution in [0.4, 0.5) is 5.82 Å². The van der Waals surface area contributed by atoms with Crippen molar-refractivity contribution in [3.8, 4) is 29.1 Å². The Hall–Kier alpha value is -4.17. The molecule has 11 heteroatoms. The van der Waals surface area contributed by atoms with Crippen molar-refractivity contribution in [1.29, 1.82) is 0 Å². The zero-order chi connectivity index (χ0) is 24.3. The Morgan fingerprint density at radius 1 is 1.06 bits per heavy atom. The summed E-state index contributed by atoms with van der Waals surface area (Å²) in [5.74, 6) is 6.15. The Labute approximate surface area is 196 Å². The number of rotatable bonds is 8. The highest BCUT2D eigenvalue weighted by Gasteiger charge is 2.28. The van der Waals surface area contributed by atoms with Crippen molar-refractivity contribution in [2.45, 2.75) is 18.4 Å². The molecular weight excluding hydrogens is 460 g/mol. The first-order chi connectivity index (χ1) is 16.4. The Balaban J connectivity index is 1.77. The second-order valence-electron chi connectivity index (χ2n) is 7.10. The van der Waals surface area contributed by atoms with Gasteiger partial charge in [-0.15, -0.1) is 5.92 Å². The molecule has 2 heterocycles. The molecule has 0 aliphatic heterocycles. The molecule has 4 aromatic rings. The highest BCUT2D eigenvalue weighted by molar-refractivity contribution is 7.93. The summed E-state index contributed by atoms with van der Waals surface area (Å²) in [5.41, 5.74) is 1.75. The van der Waals surface area contributed by atoms with E-state index in [0.29, 0.717) is 28.8 Å². The summed E-state index contributed by atoms with van der Waals surface area (Å²) in [6.45, 7) is 2.15. The number of anilines is 1. The van der Waals surface area contributed by atoms with Crippen LogP contribution in [0.2, 0.25) is 0 Å². The standard InChI is InChI=1S/C23H22N4O6S/c1-5-7-15-10-19(31-3)22(20(11-15)32-4)34(28,29)26-23-21-17(30-2)12-16(13-18(21)33-25-23)14-27-9-6-8-24-27/h6,8-13H,14H2,1-4H3,(H,25,26). The van der Waals surface area contributed by atoms with Gasteiger partial charge in [-0.05, 0) is 42.8 Å². The maximum absolute atomic E-state index is 13.4.